The van der Waals surface area contributed by atoms with E-state index in [0.717, 1.165) is 27.8 Å². The van der Waals surface area contributed by atoms with E-state index in [1.165, 1.54) is 7.11 Å². The third-order valence-electron chi connectivity index (χ3n) is 4.25. The fraction of sp³-hybridized carbons (Fsp3) is 0.562. The predicted octanol–water partition coefficient (Wildman–Crippen LogP) is 1.27. The van der Waals surface area contributed by atoms with Crippen LogP contribution in [-0.4, -0.2) is 41.1 Å². The van der Waals surface area contributed by atoms with Crippen molar-refractivity contribution in [1.82, 2.24) is 10.0 Å². The first-order chi connectivity index (χ1) is 10.6. The van der Waals surface area contributed by atoms with Gasteiger partial charge in [0, 0.05) is 13.7 Å². The monoisotopic (exact) mass is 342 g/mol. The van der Waals surface area contributed by atoms with E-state index < -0.39 is 10.0 Å². The van der Waals surface area contributed by atoms with Crippen LogP contribution >= 0.6 is 0 Å². The lowest BCUT2D eigenvalue weighted by atomic mass is 9.95. The fourth-order valence-electron chi connectivity index (χ4n) is 2.46. The van der Waals surface area contributed by atoms with Gasteiger partial charge in [-0.15, -0.1) is 0 Å². The summed E-state index contributed by atoms with van der Waals surface area (Å²) < 4.78 is 32.4. The molecule has 0 unspecified atom stereocenters. The summed E-state index contributed by atoms with van der Waals surface area (Å²) in [4.78, 5) is 11.9. The lowest BCUT2D eigenvalue weighted by Crippen LogP contribution is -2.38. The molecule has 1 aromatic rings. The van der Waals surface area contributed by atoms with Crippen molar-refractivity contribution in [2.45, 2.75) is 39.5 Å². The third kappa shape index (κ3) is 4.53. The van der Waals surface area contributed by atoms with Gasteiger partial charge in [-0.1, -0.05) is 0 Å². The Balaban J connectivity index is 3.00. The second-order valence-corrected chi connectivity index (χ2v) is 7.33. The van der Waals surface area contributed by atoms with E-state index in [1.807, 2.05) is 20.8 Å². The molecule has 0 aromatic heterocycles. The van der Waals surface area contributed by atoms with E-state index in [9.17, 15) is 13.2 Å². The molecule has 130 valence electrons. The topological polar surface area (TPSA) is 84.5 Å². The number of amides is 1. The first-order valence-corrected chi connectivity index (χ1v) is 8.94. The summed E-state index contributed by atoms with van der Waals surface area (Å²) in [5.41, 5.74) is 4.45. The van der Waals surface area contributed by atoms with Gasteiger partial charge in [-0.25, -0.2) is 13.1 Å². The average Bonchev–Trinajstić information content (AvgIpc) is 2.49. The van der Waals surface area contributed by atoms with Gasteiger partial charge in [0.25, 0.3) is 0 Å². The molecule has 0 radical (unpaired) electrons. The minimum absolute atomic E-state index is 0.266. The molecule has 23 heavy (non-hydrogen) atoms. The van der Waals surface area contributed by atoms with Gasteiger partial charge in [-0.05, 0) is 62.4 Å². The Morgan fingerprint density at radius 3 is 1.91 bits per heavy atom. The van der Waals surface area contributed by atoms with Crippen molar-refractivity contribution in [3.8, 4) is 0 Å². The molecule has 1 amide bonds. The second-order valence-electron chi connectivity index (χ2n) is 5.62. The number of carbonyl (C=O) groups is 1. The standard InChI is InChI=1S/C16H26N2O4S/c1-10-11(2)13(4)16(14(5)12(10)3)23(20,21)18-9-15(19)17-7-8-22-6/h18H,7-9H2,1-6H3,(H,17,19). The van der Waals surface area contributed by atoms with Crippen molar-refractivity contribution >= 4 is 15.9 Å². The Morgan fingerprint density at radius 1 is 0.957 bits per heavy atom. The smallest absolute Gasteiger partial charge is 0.241 e. The van der Waals surface area contributed by atoms with Gasteiger partial charge < -0.3 is 10.1 Å². The zero-order chi connectivity index (χ0) is 17.8. The van der Waals surface area contributed by atoms with Crippen molar-refractivity contribution in [2.24, 2.45) is 0 Å². The van der Waals surface area contributed by atoms with E-state index in [2.05, 4.69) is 10.0 Å². The lowest BCUT2D eigenvalue weighted by molar-refractivity contribution is -0.120. The van der Waals surface area contributed by atoms with E-state index in [1.54, 1.807) is 13.8 Å². The van der Waals surface area contributed by atoms with Crippen LogP contribution in [0.25, 0.3) is 0 Å². The van der Waals surface area contributed by atoms with Gasteiger partial charge in [0.15, 0.2) is 0 Å². The Labute approximate surface area is 138 Å². The third-order valence-corrected chi connectivity index (χ3v) is 5.93. The lowest BCUT2D eigenvalue weighted by Gasteiger charge is -2.19. The van der Waals surface area contributed by atoms with Gasteiger partial charge in [-0.2, -0.15) is 0 Å². The van der Waals surface area contributed by atoms with E-state index in [0.29, 0.717) is 13.2 Å². The second kappa shape index (κ2) is 7.90. The van der Waals surface area contributed by atoms with Crippen LogP contribution in [-0.2, 0) is 19.6 Å². The first kappa shape index (κ1) is 19.6. The van der Waals surface area contributed by atoms with Crippen LogP contribution in [0.3, 0.4) is 0 Å². The van der Waals surface area contributed by atoms with Crippen molar-refractivity contribution in [3.63, 3.8) is 0 Å². The van der Waals surface area contributed by atoms with Crippen LogP contribution < -0.4 is 10.0 Å². The Bertz CT molecular complexity index is 668. The van der Waals surface area contributed by atoms with Gasteiger partial charge in [0.1, 0.15) is 0 Å². The highest BCUT2D eigenvalue weighted by atomic mass is 32.2. The number of sulfonamides is 1. The van der Waals surface area contributed by atoms with Crippen LogP contribution in [0.4, 0.5) is 0 Å². The van der Waals surface area contributed by atoms with Crippen LogP contribution in [0.2, 0.25) is 0 Å². The summed E-state index contributed by atoms with van der Waals surface area (Å²) >= 11 is 0. The van der Waals surface area contributed by atoms with Crippen molar-refractivity contribution in [2.75, 3.05) is 26.8 Å². The van der Waals surface area contributed by atoms with Crippen molar-refractivity contribution in [3.05, 3.63) is 27.8 Å². The maximum atomic E-state index is 12.6. The van der Waals surface area contributed by atoms with Crippen LogP contribution in [0.5, 0.6) is 0 Å². The van der Waals surface area contributed by atoms with Crippen LogP contribution in [0, 0.1) is 34.6 Å². The molecule has 0 aliphatic heterocycles. The number of benzene rings is 1. The predicted molar refractivity (Wildman–Crippen MR) is 90.2 cm³/mol. The number of hydrogen-bond acceptors (Lipinski definition) is 4. The molecular formula is C16H26N2O4S. The van der Waals surface area contributed by atoms with Crippen LogP contribution in [0.15, 0.2) is 4.90 Å². The summed E-state index contributed by atoms with van der Waals surface area (Å²) in [6, 6.07) is 0. The molecule has 0 bridgehead atoms. The summed E-state index contributed by atoms with van der Waals surface area (Å²) in [6.07, 6.45) is 0. The summed E-state index contributed by atoms with van der Waals surface area (Å²) in [6.45, 7) is 9.82. The van der Waals surface area contributed by atoms with Crippen molar-refractivity contribution in [1.29, 1.82) is 0 Å². The van der Waals surface area contributed by atoms with E-state index >= 15 is 0 Å². The molecule has 0 aliphatic rings. The Hall–Kier alpha value is -1.44. The quantitative estimate of drug-likeness (QED) is 0.731. The minimum Gasteiger partial charge on any atom is -0.383 e. The largest absolute Gasteiger partial charge is 0.383 e. The molecule has 6 nitrogen and oxygen atoms in total. The first-order valence-electron chi connectivity index (χ1n) is 7.45. The molecule has 0 saturated carbocycles. The summed E-state index contributed by atoms with van der Waals surface area (Å²) in [7, 11) is -2.22. The molecule has 1 rings (SSSR count). The molecule has 0 saturated heterocycles. The number of methoxy groups -OCH3 is 1. The number of nitrogens with one attached hydrogen (secondary N) is 2. The SMILES string of the molecule is COCCNC(=O)CNS(=O)(=O)c1c(C)c(C)c(C)c(C)c1C. The van der Waals surface area contributed by atoms with Gasteiger partial charge in [-0.3, -0.25) is 4.79 Å². The number of rotatable bonds is 7. The normalized spacial score (nSPS) is 11.6. The Kier molecular flexibility index (Phi) is 6.73. The van der Waals surface area contributed by atoms with Crippen LogP contribution in [0.1, 0.15) is 27.8 Å². The summed E-state index contributed by atoms with van der Waals surface area (Å²) in [5, 5.41) is 2.58. The van der Waals surface area contributed by atoms with E-state index in [4.69, 9.17) is 4.74 Å². The molecule has 7 heteroatoms. The summed E-state index contributed by atoms with van der Waals surface area (Å²) in [5.74, 6) is -0.388. The van der Waals surface area contributed by atoms with Crippen molar-refractivity contribution < 1.29 is 17.9 Å². The fourth-order valence-corrected chi connectivity index (χ4v) is 4.03. The number of carbonyl (C=O) groups excluding carboxylic acids is 1. The average molecular weight is 342 g/mol. The van der Waals surface area contributed by atoms with Gasteiger partial charge in [0.05, 0.1) is 18.0 Å². The highest BCUT2D eigenvalue weighted by Crippen LogP contribution is 2.29. The Morgan fingerprint density at radius 2 is 1.43 bits per heavy atom. The molecule has 0 atom stereocenters. The molecule has 0 spiro atoms. The molecule has 2 N–H and O–H groups in total. The molecule has 1 aromatic carbocycles. The van der Waals surface area contributed by atoms with E-state index in [-0.39, 0.29) is 17.3 Å². The molecule has 0 fully saturated rings. The highest BCUT2D eigenvalue weighted by Gasteiger charge is 2.24. The maximum absolute atomic E-state index is 12.6. The zero-order valence-electron chi connectivity index (χ0n) is 14.7. The molecule has 0 aliphatic carbocycles. The zero-order valence-corrected chi connectivity index (χ0v) is 15.5. The van der Waals surface area contributed by atoms with Gasteiger partial charge in [0.2, 0.25) is 15.9 Å². The maximum Gasteiger partial charge on any atom is 0.241 e. The molecule has 0 heterocycles. The number of hydrogen-bond donors (Lipinski definition) is 2. The van der Waals surface area contributed by atoms with Gasteiger partial charge >= 0.3 is 0 Å². The highest BCUT2D eigenvalue weighted by molar-refractivity contribution is 7.89. The minimum atomic E-state index is -3.75. The number of ether oxygens (including phenoxy) is 1. The molecular weight excluding hydrogens is 316 g/mol.